The first-order valence-electron chi connectivity index (χ1n) is 9.03. The fourth-order valence-electron chi connectivity index (χ4n) is 2.51. The van der Waals surface area contributed by atoms with Gasteiger partial charge in [0.05, 0.1) is 12.8 Å². The highest BCUT2D eigenvalue weighted by Gasteiger charge is 2.08. The number of esters is 1. The van der Waals surface area contributed by atoms with Gasteiger partial charge in [0.1, 0.15) is 5.75 Å². The third-order valence-corrected chi connectivity index (χ3v) is 3.92. The van der Waals surface area contributed by atoms with E-state index in [1.807, 2.05) is 49.4 Å². The van der Waals surface area contributed by atoms with Crippen LogP contribution in [0.15, 0.2) is 48.5 Å². The van der Waals surface area contributed by atoms with E-state index >= 15 is 0 Å². The van der Waals surface area contributed by atoms with Crippen LogP contribution in [-0.4, -0.2) is 25.7 Å². The summed E-state index contributed by atoms with van der Waals surface area (Å²) in [5.41, 5.74) is 1.70. The minimum Gasteiger partial charge on any atom is -0.469 e. The van der Waals surface area contributed by atoms with Crippen LogP contribution < -0.4 is 15.4 Å². The van der Waals surface area contributed by atoms with Crippen LogP contribution in [0.4, 0.5) is 10.5 Å². The van der Waals surface area contributed by atoms with Crippen molar-refractivity contribution < 1.29 is 19.1 Å². The fourth-order valence-corrected chi connectivity index (χ4v) is 2.51. The Balaban J connectivity index is 1.79. The van der Waals surface area contributed by atoms with Crippen molar-refractivity contribution in [2.45, 2.75) is 32.6 Å². The topological polar surface area (TPSA) is 76.7 Å². The Morgan fingerprint density at radius 2 is 1.81 bits per heavy atom. The van der Waals surface area contributed by atoms with Crippen LogP contribution in [0.3, 0.4) is 0 Å². The van der Waals surface area contributed by atoms with Gasteiger partial charge in [0.15, 0.2) is 5.75 Å². The molecule has 2 aromatic rings. The number of nitrogens with one attached hydrogen (secondary N) is 2. The Hall–Kier alpha value is -3.02. The van der Waals surface area contributed by atoms with Gasteiger partial charge in [0, 0.05) is 13.0 Å². The number of para-hydroxylation sites is 2. The Bertz CT molecular complexity index is 761. The minimum atomic E-state index is -0.289. The zero-order valence-electron chi connectivity index (χ0n) is 15.8. The predicted molar refractivity (Wildman–Crippen MR) is 105 cm³/mol. The lowest BCUT2D eigenvalue weighted by molar-refractivity contribution is -0.140. The van der Waals surface area contributed by atoms with Gasteiger partial charge < -0.3 is 20.1 Å². The Morgan fingerprint density at radius 3 is 2.59 bits per heavy atom. The third-order valence-electron chi connectivity index (χ3n) is 3.92. The van der Waals surface area contributed by atoms with E-state index in [4.69, 9.17) is 4.74 Å². The Kier molecular flexibility index (Phi) is 8.16. The molecule has 0 saturated heterocycles. The molecule has 2 amide bonds. The summed E-state index contributed by atoms with van der Waals surface area (Å²) in [6, 6.07) is 14.7. The highest BCUT2D eigenvalue weighted by Crippen LogP contribution is 2.29. The first-order valence-corrected chi connectivity index (χ1v) is 9.03. The van der Waals surface area contributed by atoms with Gasteiger partial charge in [-0.1, -0.05) is 30.7 Å². The summed E-state index contributed by atoms with van der Waals surface area (Å²) >= 11 is 0. The van der Waals surface area contributed by atoms with Crippen molar-refractivity contribution in [1.29, 1.82) is 0 Å². The van der Waals surface area contributed by atoms with E-state index < -0.39 is 0 Å². The van der Waals surface area contributed by atoms with E-state index in [0.717, 1.165) is 30.6 Å². The quantitative estimate of drug-likeness (QED) is 0.498. The number of aryl methyl sites for hydroxylation is 1. The number of anilines is 1. The van der Waals surface area contributed by atoms with Crippen LogP contribution in [0.2, 0.25) is 0 Å². The average Bonchev–Trinajstić information content (AvgIpc) is 2.66. The number of amides is 2. The van der Waals surface area contributed by atoms with Gasteiger partial charge in [-0.05, 0) is 49.6 Å². The lowest BCUT2D eigenvalue weighted by Crippen LogP contribution is -2.29. The van der Waals surface area contributed by atoms with Gasteiger partial charge in [-0.2, -0.15) is 0 Å². The van der Waals surface area contributed by atoms with Crippen molar-refractivity contribution >= 4 is 17.7 Å². The first kappa shape index (κ1) is 20.3. The molecule has 0 aliphatic carbocycles. The summed E-state index contributed by atoms with van der Waals surface area (Å²) in [4.78, 5) is 23.1. The maximum Gasteiger partial charge on any atom is 0.319 e. The molecule has 0 aromatic heterocycles. The zero-order valence-corrected chi connectivity index (χ0v) is 15.8. The number of hydrogen-bond acceptors (Lipinski definition) is 4. The zero-order chi connectivity index (χ0) is 19.5. The summed E-state index contributed by atoms with van der Waals surface area (Å²) in [5, 5.41) is 5.63. The maximum atomic E-state index is 12.1. The summed E-state index contributed by atoms with van der Waals surface area (Å²) in [6.07, 6.45) is 2.81. The van der Waals surface area contributed by atoms with Gasteiger partial charge in [-0.3, -0.25) is 4.79 Å². The normalized spacial score (nSPS) is 10.1. The number of methoxy groups -OCH3 is 1. The lowest BCUT2D eigenvalue weighted by atomic mass is 10.2. The Labute approximate surface area is 159 Å². The van der Waals surface area contributed by atoms with Gasteiger partial charge in [0.25, 0.3) is 0 Å². The van der Waals surface area contributed by atoms with Gasteiger partial charge in [0.2, 0.25) is 0 Å². The maximum absolute atomic E-state index is 12.1. The molecule has 2 aromatic carbocycles. The second kappa shape index (κ2) is 10.9. The lowest BCUT2D eigenvalue weighted by Gasteiger charge is -2.13. The minimum absolute atomic E-state index is 0.203. The monoisotopic (exact) mass is 370 g/mol. The van der Waals surface area contributed by atoms with Gasteiger partial charge in [-0.25, -0.2) is 4.79 Å². The van der Waals surface area contributed by atoms with Crippen LogP contribution in [0.1, 0.15) is 31.2 Å². The molecule has 0 radical (unpaired) electrons. The molecule has 0 saturated carbocycles. The van der Waals surface area contributed by atoms with Gasteiger partial charge in [-0.15, -0.1) is 0 Å². The second-order valence-corrected chi connectivity index (χ2v) is 6.18. The molecule has 2 N–H and O–H groups in total. The number of carbonyl (C=O) groups is 2. The number of benzene rings is 2. The molecule has 0 aliphatic heterocycles. The van der Waals surface area contributed by atoms with Crippen molar-refractivity contribution in [2.24, 2.45) is 0 Å². The summed E-state index contributed by atoms with van der Waals surface area (Å²) in [7, 11) is 1.38. The number of rotatable bonds is 9. The number of urea groups is 1. The molecule has 6 nitrogen and oxygen atoms in total. The van der Waals surface area contributed by atoms with Crippen LogP contribution >= 0.6 is 0 Å². The van der Waals surface area contributed by atoms with Crippen LogP contribution in [0.25, 0.3) is 0 Å². The van der Waals surface area contributed by atoms with Crippen molar-refractivity contribution in [2.75, 3.05) is 19.0 Å². The summed E-state index contributed by atoms with van der Waals surface area (Å²) in [5.74, 6) is 1.09. The van der Waals surface area contributed by atoms with Crippen LogP contribution in [0.5, 0.6) is 11.5 Å². The first-order chi connectivity index (χ1) is 13.1. The highest BCUT2D eigenvalue weighted by molar-refractivity contribution is 5.90. The predicted octanol–water partition coefficient (Wildman–Crippen LogP) is 4.64. The summed E-state index contributed by atoms with van der Waals surface area (Å²) < 4.78 is 10.5. The molecule has 0 aliphatic rings. The van der Waals surface area contributed by atoms with E-state index in [1.165, 1.54) is 7.11 Å². The largest absolute Gasteiger partial charge is 0.469 e. The van der Waals surface area contributed by atoms with E-state index in [-0.39, 0.29) is 12.0 Å². The molecule has 27 heavy (non-hydrogen) atoms. The standard InChI is InChI=1S/C21H26N2O4/c1-16-9-8-10-17(15-16)27-19-12-6-5-11-18(19)23-21(25)22-14-7-3-4-13-20(24)26-2/h5-6,8-12,15H,3-4,7,13-14H2,1-2H3,(H2,22,23,25). The van der Waals surface area contributed by atoms with Crippen molar-refractivity contribution in [3.05, 3.63) is 54.1 Å². The molecular formula is C21H26N2O4. The molecule has 0 spiro atoms. The second-order valence-electron chi connectivity index (χ2n) is 6.18. The van der Waals surface area contributed by atoms with Crippen LogP contribution in [0, 0.1) is 6.92 Å². The number of hydrogen-bond donors (Lipinski definition) is 2. The number of ether oxygens (including phenoxy) is 2. The highest BCUT2D eigenvalue weighted by atomic mass is 16.5. The SMILES string of the molecule is COC(=O)CCCCCNC(=O)Nc1ccccc1Oc1cccc(C)c1. The van der Waals surface area contributed by atoms with Crippen molar-refractivity contribution in [3.8, 4) is 11.5 Å². The molecule has 2 rings (SSSR count). The molecule has 0 heterocycles. The summed E-state index contributed by atoms with van der Waals surface area (Å²) in [6.45, 7) is 2.53. The average molecular weight is 370 g/mol. The van der Waals surface area contributed by atoms with Gasteiger partial charge >= 0.3 is 12.0 Å². The molecule has 0 bridgehead atoms. The van der Waals surface area contributed by atoms with E-state index in [9.17, 15) is 9.59 Å². The van der Waals surface area contributed by atoms with Crippen molar-refractivity contribution in [3.63, 3.8) is 0 Å². The van der Waals surface area contributed by atoms with E-state index in [0.29, 0.717) is 24.4 Å². The number of unbranched alkanes of at least 4 members (excludes halogenated alkanes) is 2. The molecule has 0 atom stereocenters. The van der Waals surface area contributed by atoms with E-state index in [1.54, 1.807) is 6.07 Å². The molecule has 0 fully saturated rings. The molecule has 6 heteroatoms. The molecular weight excluding hydrogens is 344 g/mol. The third kappa shape index (κ3) is 7.40. The Morgan fingerprint density at radius 1 is 1.00 bits per heavy atom. The smallest absolute Gasteiger partial charge is 0.319 e. The molecule has 144 valence electrons. The fraction of sp³-hybridized carbons (Fsp3) is 0.333. The van der Waals surface area contributed by atoms with E-state index in [2.05, 4.69) is 15.4 Å². The molecule has 0 unspecified atom stereocenters. The van der Waals surface area contributed by atoms with Crippen LogP contribution in [-0.2, 0) is 9.53 Å². The van der Waals surface area contributed by atoms with Crippen molar-refractivity contribution in [1.82, 2.24) is 5.32 Å². The number of carbonyl (C=O) groups excluding carboxylic acids is 2.